The molecule has 1 rings (SSSR count). The molecule has 0 fully saturated rings. The molecule has 0 saturated carbocycles. The summed E-state index contributed by atoms with van der Waals surface area (Å²) in [6.45, 7) is 6.10. The molecule has 0 aliphatic rings. The van der Waals surface area contributed by atoms with Crippen LogP contribution in [0.5, 0.6) is 5.75 Å². The molecule has 18 heavy (non-hydrogen) atoms. The summed E-state index contributed by atoms with van der Waals surface area (Å²) >= 11 is 0. The third kappa shape index (κ3) is 6.28. The van der Waals surface area contributed by atoms with Crippen molar-refractivity contribution in [3.05, 3.63) is 29.8 Å². The predicted molar refractivity (Wildman–Crippen MR) is 73.6 cm³/mol. The van der Waals surface area contributed by atoms with E-state index in [2.05, 4.69) is 12.1 Å². The fraction of sp³-hybridized carbons (Fsp3) is 0.533. The van der Waals surface area contributed by atoms with Crippen LogP contribution in [0.3, 0.4) is 0 Å². The molecule has 0 aromatic heterocycles. The number of ether oxygens (including phenoxy) is 1. The lowest BCUT2D eigenvalue weighted by atomic mass is 10.1. The van der Waals surface area contributed by atoms with E-state index in [-0.39, 0.29) is 11.5 Å². The van der Waals surface area contributed by atoms with E-state index in [4.69, 9.17) is 10.5 Å². The van der Waals surface area contributed by atoms with E-state index in [1.807, 2.05) is 32.9 Å². The van der Waals surface area contributed by atoms with Gasteiger partial charge < -0.3 is 10.5 Å². The van der Waals surface area contributed by atoms with Crippen LogP contribution in [0.25, 0.3) is 0 Å². The zero-order valence-electron chi connectivity index (χ0n) is 11.5. The van der Waals surface area contributed by atoms with Crippen molar-refractivity contribution in [3.8, 4) is 5.75 Å². The number of rotatable bonds is 6. The van der Waals surface area contributed by atoms with Crippen LogP contribution < -0.4 is 10.5 Å². The summed E-state index contributed by atoms with van der Waals surface area (Å²) in [4.78, 5) is 10.6. The Hall–Kier alpha value is -1.51. The number of hydrogen-bond donors (Lipinski definition) is 1. The second-order valence-electron chi connectivity index (χ2n) is 5.53. The molecule has 0 atom stereocenters. The van der Waals surface area contributed by atoms with Gasteiger partial charge >= 0.3 is 0 Å². The maximum Gasteiger partial charge on any atom is 0.217 e. The highest BCUT2D eigenvalue weighted by Crippen LogP contribution is 2.19. The van der Waals surface area contributed by atoms with Crippen molar-refractivity contribution < 1.29 is 9.53 Å². The molecule has 3 nitrogen and oxygen atoms in total. The van der Waals surface area contributed by atoms with Gasteiger partial charge in [0.1, 0.15) is 11.4 Å². The van der Waals surface area contributed by atoms with E-state index >= 15 is 0 Å². The predicted octanol–water partition coefficient (Wildman–Crippen LogP) is 3.06. The normalized spacial score (nSPS) is 11.3. The Kier molecular flexibility index (Phi) is 5.20. The zero-order valence-corrected chi connectivity index (χ0v) is 11.5. The van der Waals surface area contributed by atoms with Crippen molar-refractivity contribution in [1.29, 1.82) is 0 Å². The van der Waals surface area contributed by atoms with E-state index in [0.717, 1.165) is 25.0 Å². The highest BCUT2D eigenvalue weighted by atomic mass is 16.5. The van der Waals surface area contributed by atoms with Gasteiger partial charge in [-0.15, -0.1) is 0 Å². The Bertz CT molecular complexity index is 376. The number of primary amides is 1. The van der Waals surface area contributed by atoms with Gasteiger partial charge in [-0.25, -0.2) is 0 Å². The third-order valence-electron chi connectivity index (χ3n) is 2.49. The number of nitrogens with two attached hydrogens (primary N) is 1. The van der Waals surface area contributed by atoms with Crippen molar-refractivity contribution in [2.45, 2.75) is 52.1 Å². The van der Waals surface area contributed by atoms with Crippen LogP contribution in [0.4, 0.5) is 0 Å². The molecule has 2 N–H and O–H groups in total. The lowest BCUT2D eigenvalue weighted by Crippen LogP contribution is -2.22. The average molecular weight is 249 g/mol. The van der Waals surface area contributed by atoms with Gasteiger partial charge in [0.2, 0.25) is 5.91 Å². The molecule has 0 heterocycles. The van der Waals surface area contributed by atoms with Crippen LogP contribution in [-0.2, 0) is 11.2 Å². The van der Waals surface area contributed by atoms with Crippen LogP contribution in [0.15, 0.2) is 24.3 Å². The smallest absolute Gasteiger partial charge is 0.217 e. The number of aryl methyl sites for hydroxylation is 1. The zero-order chi connectivity index (χ0) is 13.6. The number of benzene rings is 1. The van der Waals surface area contributed by atoms with Gasteiger partial charge in [-0.2, -0.15) is 0 Å². The Balaban J connectivity index is 2.38. The minimum atomic E-state index is -0.219. The molecule has 0 spiro atoms. The van der Waals surface area contributed by atoms with Gasteiger partial charge in [-0.3, -0.25) is 4.79 Å². The van der Waals surface area contributed by atoms with Gasteiger partial charge in [0.25, 0.3) is 0 Å². The number of carbonyl (C=O) groups excluding carboxylic acids is 1. The number of amides is 1. The molecule has 1 aromatic rings. The first kappa shape index (κ1) is 14.6. The lowest BCUT2D eigenvalue weighted by Gasteiger charge is -2.21. The quantitative estimate of drug-likeness (QED) is 0.788. The van der Waals surface area contributed by atoms with Crippen LogP contribution in [0.1, 0.15) is 45.6 Å². The van der Waals surface area contributed by atoms with Gasteiger partial charge in [0, 0.05) is 6.42 Å². The van der Waals surface area contributed by atoms with Gasteiger partial charge in [-0.05, 0) is 57.7 Å². The van der Waals surface area contributed by atoms with Gasteiger partial charge in [0.15, 0.2) is 0 Å². The van der Waals surface area contributed by atoms with E-state index in [0.29, 0.717) is 6.42 Å². The molecule has 0 saturated heterocycles. The lowest BCUT2D eigenvalue weighted by molar-refractivity contribution is -0.118. The van der Waals surface area contributed by atoms with Crippen molar-refractivity contribution in [2.24, 2.45) is 5.73 Å². The molecule has 0 bridgehead atoms. The first-order chi connectivity index (χ1) is 8.37. The highest BCUT2D eigenvalue weighted by molar-refractivity contribution is 5.73. The average Bonchev–Trinajstić information content (AvgIpc) is 2.24. The van der Waals surface area contributed by atoms with E-state index in [1.165, 1.54) is 5.56 Å². The van der Waals surface area contributed by atoms with Gasteiger partial charge in [-0.1, -0.05) is 12.1 Å². The molecule has 1 amide bonds. The summed E-state index contributed by atoms with van der Waals surface area (Å²) in [5.74, 6) is 0.673. The van der Waals surface area contributed by atoms with E-state index in [1.54, 1.807) is 0 Å². The van der Waals surface area contributed by atoms with Crippen LogP contribution in [0.2, 0.25) is 0 Å². The molecule has 0 radical (unpaired) electrons. The second kappa shape index (κ2) is 6.43. The first-order valence-corrected chi connectivity index (χ1v) is 6.43. The molecule has 0 aliphatic heterocycles. The number of carbonyl (C=O) groups is 1. The highest BCUT2D eigenvalue weighted by Gasteiger charge is 2.11. The number of unbranched alkanes of at least 4 members (excludes halogenated alkanes) is 1. The third-order valence-corrected chi connectivity index (χ3v) is 2.49. The largest absolute Gasteiger partial charge is 0.488 e. The Morgan fingerprint density at radius 2 is 1.78 bits per heavy atom. The first-order valence-electron chi connectivity index (χ1n) is 6.43. The van der Waals surface area contributed by atoms with E-state index in [9.17, 15) is 4.79 Å². The molecule has 1 aromatic carbocycles. The van der Waals surface area contributed by atoms with E-state index < -0.39 is 0 Å². The Labute approximate surface area is 109 Å². The molecule has 100 valence electrons. The minimum Gasteiger partial charge on any atom is -0.488 e. The standard InChI is InChI=1S/C15H23NO2/c1-15(2,3)18-13-10-8-12(9-11-13)6-4-5-7-14(16)17/h8-11H,4-7H2,1-3H3,(H2,16,17). The van der Waals surface area contributed by atoms with Crippen molar-refractivity contribution in [3.63, 3.8) is 0 Å². The van der Waals surface area contributed by atoms with Crippen molar-refractivity contribution >= 4 is 5.91 Å². The van der Waals surface area contributed by atoms with Crippen LogP contribution in [-0.4, -0.2) is 11.5 Å². The summed E-state index contributed by atoms with van der Waals surface area (Å²) in [7, 11) is 0. The van der Waals surface area contributed by atoms with Crippen LogP contribution >= 0.6 is 0 Å². The molecular weight excluding hydrogens is 226 g/mol. The summed E-state index contributed by atoms with van der Waals surface area (Å²) in [5.41, 5.74) is 6.20. The van der Waals surface area contributed by atoms with Crippen molar-refractivity contribution in [1.82, 2.24) is 0 Å². The molecular formula is C15H23NO2. The maximum atomic E-state index is 10.6. The SMILES string of the molecule is CC(C)(C)Oc1ccc(CCCCC(N)=O)cc1. The topological polar surface area (TPSA) is 52.3 Å². The second-order valence-corrected chi connectivity index (χ2v) is 5.53. The summed E-state index contributed by atoms with van der Waals surface area (Å²) in [6, 6.07) is 8.14. The fourth-order valence-electron chi connectivity index (χ4n) is 1.71. The minimum absolute atomic E-state index is 0.164. The monoisotopic (exact) mass is 249 g/mol. The summed E-state index contributed by atoms with van der Waals surface area (Å²) in [5, 5.41) is 0. The molecule has 0 aliphatic carbocycles. The fourth-order valence-corrected chi connectivity index (χ4v) is 1.71. The molecule has 3 heteroatoms. The Morgan fingerprint density at radius 1 is 1.17 bits per heavy atom. The maximum absolute atomic E-state index is 10.6. The molecule has 0 unspecified atom stereocenters. The van der Waals surface area contributed by atoms with Crippen LogP contribution in [0, 0.1) is 0 Å². The summed E-state index contributed by atoms with van der Waals surface area (Å²) in [6.07, 6.45) is 3.30. The number of hydrogen-bond acceptors (Lipinski definition) is 2. The Morgan fingerprint density at radius 3 is 2.28 bits per heavy atom. The van der Waals surface area contributed by atoms with Gasteiger partial charge in [0.05, 0.1) is 0 Å². The van der Waals surface area contributed by atoms with Crippen molar-refractivity contribution in [2.75, 3.05) is 0 Å². The summed E-state index contributed by atoms with van der Waals surface area (Å²) < 4.78 is 5.75.